The molecule has 1 aliphatic heterocycles. The smallest absolute Gasteiger partial charge is 0.422 e. The second kappa shape index (κ2) is 8.88. The third-order valence-electron chi connectivity index (χ3n) is 5.38. The molecular weight excluding hydrogens is 473 g/mol. The van der Waals surface area contributed by atoms with E-state index in [9.17, 15) is 31.9 Å². The highest BCUT2D eigenvalue weighted by Crippen LogP contribution is 2.39. The van der Waals surface area contributed by atoms with E-state index in [-0.39, 0.29) is 34.7 Å². The Hall–Kier alpha value is -3.60. The fraction of sp³-hybridized carbons (Fsp3) is 0.292. The second-order valence-corrected chi connectivity index (χ2v) is 8.47. The Morgan fingerprint density at radius 3 is 2.43 bits per heavy atom. The maximum atomic E-state index is 13.6. The zero-order valence-corrected chi connectivity index (χ0v) is 18.6. The Labute approximate surface area is 197 Å². The lowest BCUT2D eigenvalue weighted by Crippen LogP contribution is -2.24. The number of alkyl halides is 5. The zero-order chi connectivity index (χ0) is 25.5. The Morgan fingerprint density at radius 2 is 1.83 bits per heavy atom. The first-order valence-corrected chi connectivity index (χ1v) is 10.5. The number of aliphatic hydroxyl groups is 1. The molecule has 2 aromatic heterocycles. The lowest BCUT2D eigenvalue weighted by atomic mass is 10.0. The monoisotopic (exact) mass is 493 g/mol. The summed E-state index contributed by atoms with van der Waals surface area (Å²) < 4.78 is 70.4. The molecule has 3 aromatic rings. The Kier molecular flexibility index (Phi) is 6.22. The number of amides is 1. The number of halogens is 5. The van der Waals surface area contributed by atoms with Gasteiger partial charge >= 0.3 is 6.18 Å². The number of carbonyl (C=O) groups excluding carboxylic acids is 1. The molecule has 0 unspecified atom stereocenters. The van der Waals surface area contributed by atoms with Gasteiger partial charge in [0.05, 0.1) is 29.8 Å². The summed E-state index contributed by atoms with van der Waals surface area (Å²) in [5.74, 6) is -0.787. The number of hydrogen-bond acceptors (Lipinski definition) is 5. The molecule has 35 heavy (non-hydrogen) atoms. The van der Waals surface area contributed by atoms with Crippen LogP contribution in [0, 0.1) is 0 Å². The van der Waals surface area contributed by atoms with Gasteiger partial charge in [0.1, 0.15) is 17.0 Å². The van der Waals surface area contributed by atoms with Crippen LogP contribution in [0.5, 0.6) is 5.75 Å². The predicted molar refractivity (Wildman–Crippen MR) is 116 cm³/mol. The van der Waals surface area contributed by atoms with E-state index in [1.54, 1.807) is 19.9 Å². The SMILES string of the molecule is CC(C)(O)c1ccc(N2Cc3c(cc(C(F)F)nc3-c3ccccc3OCC(F)(F)F)C2=O)cn1. The van der Waals surface area contributed by atoms with Gasteiger partial charge in [-0.1, -0.05) is 12.1 Å². The minimum Gasteiger partial charge on any atom is -0.483 e. The fourth-order valence-electron chi connectivity index (χ4n) is 3.72. The van der Waals surface area contributed by atoms with Gasteiger partial charge in [-0.2, -0.15) is 13.2 Å². The number of benzene rings is 1. The highest BCUT2D eigenvalue weighted by Gasteiger charge is 2.35. The molecule has 0 aliphatic carbocycles. The van der Waals surface area contributed by atoms with Gasteiger partial charge in [0.25, 0.3) is 12.3 Å². The van der Waals surface area contributed by atoms with Crippen molar-refractivity contribution >= 4 is 11.6 Å². The lowest BCUT2D eigenvalue weighted by molar-refractivity contribution is -0.153. The van der Waals surface area contributed by atoms with Crippen LogP contribution < -0.4 is 9.64 Å². The van der Waals surface area contributed by atoms with E-state index in [0.717, 1.165) is 6.07 Å². The van der Waals surface area contributed by atoms with Crippen molar-refractivity contribution in [3.05, 3.63) is 71.2 Å². The summed E-state index contributed by atoms with van der Waals surface area (Å²) in [4.78, 5) is 22.6. The van der Waals surface area contributed by atoms with E-state index >= 15 is 0 Å². The first-order chi connectivity index (χ1) is 16.3. The number of nitrogens with zero attached hydrogens (tertiary/aromatic N) is 3. The molecule has 0 atom stereocenters. The average Bonchev–Trinajstić information content (AvgIpc) is 3.13. The Morgan fingerprint density at radius 1 is 1.11 bits per heavy atom. The Bertz CT molecular complexity index is 1250. The number of ether oxygens (including phenoxy) is 1. The normalized spacial score (nSPS) is 14.0. The maximum Gasteiger partial charge on any atom is 0.422 e. The summed E-state index contributed by atoms with van der Waals surface area (Å²) in [6, 6.07) is 9.71. The van der Waals surface area contributed by atoms with Crippen LogP contribution in [0.3, 0.4) is 0 Å². The van der Waals surface area contributed by atoms with Crippen molar-refractivity contribution in [1.82, 2.24) is 9.97 Å². The number of pyridine rings is 2. The number of para-hydroxylation sites is 1. The van der Waals surface area contributed by atoms with Gasteiger partial charge in [-0.15, -0.1) is 0 Å². The van der Waals surface area contributed by atoms with Crippen LogP contribution in [0.4, 0.5) is 27.6 Å². The minimum atomic E-state index is -4.61. The molecule has 4 rings (SSSR count). The lowest BCUT2D eigenvalue weighted by Gasteiger charge is -2.19. The van der Waals surface area contributed by atoms with Crippen molar-refractivity contribution in [3.63, 3.8) is 0 Å². The molecule has 1 aliphatic rings. The second-order valence-electron chi connectivity index (χ2n) is 8.47. The molecule has 0 radical (unpaired) electrons. The predicted octanol–water partition coefficient (Wildman–Crippen LogP) is 5.41. The van der Waals surface area contributed by atoms with Crippen LogP contribution >= 0.6 is 0 Å². The van der Waals surface area contributed by atoms with E-state index in [0.29, 0.717) is 11.4 Å². The highest BCUT2D eigenvalue weighted by molar-refractivity contribution is 6.11. The van der Waals surface area contributed by atoms with Gasteiger partial charge in [0, 0.05) is 16.7 Å². The zero-order valence-electron chi connectivity index (χ0n) is 18.6. The first kappa shape index (κ1) is 24.5. The molecule has 11 heteroatoms. The van der Waals surface area contributed by atoms with Gasteiger partial charge in [-0.3, -0.25) is 9.78 Å². The molecular formula is C24H20F5N3O3. The largest absolute Gasteiger partial charge is 0.483 e. The fourth-order valence-corrected chi connectivity index (χ4v) is 3.72. The van der Waals surface area contributed by atoms with Crippen molar-refractivity contribution in [1.29, 1.82) is 0 Å². The summed E-state index contributed by atoms with van der Waals surface area (Å²) in [6.45, 7) is 1.45. The number of fused-ring (bicyclic) bond motifs is 1. The molecule has 0 saturated heterocycles. The molecule has 0 fully saturated rings. The number of rotatable bonds is 6. The van der Waals surface area contributed by atoms with Crippen LogP contribution in [0.2, 0.25) is 0 Å². The van der Waals surface area contributed by atoms with Gasteiger partial charge in [-0.05, 0) is 44.2 Å². The summed E-state index contributed by atoms with van der Waals surface area (Å²) in [5, 5.41) is 10.1. The molecule has 3 heterocycles. The number of anilines is 1. The topological polar surface area (TPSA) is 75.6 Å². The van der Waals surface area contributed by atoms with Gasteiger partial charge in [-0.25, -0.2) is 13.8 Å². The van der Waals surface area contributed by atoms with E-state index in [4.69, 9.17) is 4.74 Å². The minimum absolute atomic E-state index is 0.0394. The Balaban J connectivity index is 1.78. The van der Waals surface area contributed by atoms with Crippen molar-refractivity contribution in [2.75, 3.05) is 11.5 Å². The molecule has 1 amide bonds. The van der Waals surface area contributed by atoms with Gasteiger partial charge in [0.15, 0.2) is 6.61 Å². The van der Waals surface area contributed by atoms with E-state index in [1.165, 1.54) is 41.4 Å². The van der Waals surface area contributed by atoms with Crippen LogP contribution in [0.15, 0.2) is 48.7 Å². The highest BCUT2D eigenvalue weighted by atomic mass is 19.4. The summed E-state index contributed by atoms with van der Waals surface area (Å²) >= 11 is 0. The standard InChI is InChI=1S/C24H20F5N3O3/c1-23(2,34)19-8-7-13(10-30-19)32-11-16-15(22(32)33)9-17(21(25)26)31-20(16)14-5-3-4-6-18(14)35-12-24(27,28)29/h3-10,21,34H,11-12H2,1-2H3. The average molecular weight is 493 g/mol. The molecule has 6 nitrogen and oxygen atoms in total. The van der Waals surface area contributed by atoms with Gasteiger partial charge < -0.3 is 14.7 Å². The van der Waals surface area contributed by atoms with Crippen molar-refractivity contribution in [3.8, 4) is 17.0 Å². The molecule has 0 spiro atoms. The van der Waals surface area contributed by atoms with E-state index < -0.39 is 36.4 Å². The summed E-state index contributed by atoms with van der Waals surface area (Å²) in [7, 11) is 0. The van der Waals surface area contributed by atoms with Crippen molar-refractivity contribution in [2.45, 2.75) is 38.6 Å². The quantitative estimate of drug-likeness (QED) is 0.465. The third kappa shape index (κ3) is 5.09. The maximum absolute atomic E-state index is 13.6. The van der Waals surface area contributed by atoms with Crippen molar-refractivity contribution in [2.24, 2.45) is 0 Å². The summed E-state index contributed by atoms with van der Waals surface area (Å²) in [6.07, 6.45) is -6.25. The third-order valence-corrected chi connectivity index (χ3v) is 5.38. The molecule has 184 valence electrons. The number of carbonyl (C=O) groups is 1. The van der Waals surface area contributed by atoms with Gasteiger partial charge in [0.2, 0.25) is 0 Å². The van der Waals surface area contributed by atoms with E-state index in [1.807, 2.05) is 0 Å². The summed E-state index contributed by atoms with van der Waals surface area (Å²) in [5.41, 5.74) is -0.950. The van der Waals surface area contributed by atoms with Crippen LogP contribution in [0.1, 0.15) is 47.6 Å². The molecule has 0 bridgehead atoms. The van der Waals surface area contributed by atoms with Crippen LogP contribution in [-0.2, 0) is 12.1 Å². The first-order valence-electron chi connectivity index (χ1n) is 10.5. The van der Waals surface area contributed by atoms with Crippen LogP contribution in [0.25, 0.3) is 11.3 Å². The number of aromatic nitrogens is 2. The van der Waals surface area contributed by atoms with Crippen LogP contribution in [-0.4, -0.2) is 33.8 Å². The molecule has 1 aromatic carbocycles. The number of hydrogen-bond donors (Lipinski definition) is 1. The van der Waals surface area contributed by atoms with E-state index in [2.05, 4.69) is 9.97 Å². The molecule has 1 N–H and O–H groups in total. The molecule has 0 saturated carbocycles. The van der Waals surface area contributed by atoms with Crippen molar-refractivity contribution < 1.29 is 36.6 Å².